The zero-order valence-corrected chi connectivity index (χ0v) is 15.1. The first-order valence-electron chi connectivity index (χ1n) is 7.92. The Bertz CT molecular complexity index is 1240. The number of aromatic amines is 2. The van der Waals surface area contributed by atoms with Crippen molar-refractivity contribution >= 4 is 45.0 Å². The van der Waals surface area contributed by atoms with E-state index in [1.54, 1.807) is 24.3 Å². The van der Waals surface area contributed by atoms with Gasteiger partial charge < -0.3 is 20.2 Å². The number of aromatic nitrogens is 2. The molecule has 0 bridgehead atoms. The molecule has 4 rings (SSSR count). The van der Waals surface area contributed by atoms with E-state index >= 15 is 0 Å². The number of aromatic hydroxyl groups is 2. The van der Waals surface area contributed by atoms with Crippen LogP contribution in [0, 0.1) is 0 Å². The molecule has 0 unspecified atom stereocenters. The van der Waals surface area contributed by atoms with Crippen LogP contribution in [-0.2, 0) is 6.42 Å². The zero-order valence-electron chi connectivity index (χ0n) is 13.6. The van der Waals surface area contributed by atoms with E-state index < -0.39 is 11.1 Å². The normalized spacial score (nSPS) is 11.3. The van der Waals surface area contributed by atoms with Crippen molar-refractivity contribution in [2.75, 3.05) is 0 Å². The van der Waals surface area contributed by atoms with Gasteiger partial charge in [0.1, 0.15) is 11.5 Å². The summed E-state index contributed by atoms with van der Waals surface area (Å²) in [6.45, 7) is 0. The second-order valence-corrected chi connectivity index (χ2v) is 6.99. The second-order valence-electron chi connectivity index (χ2n) is 6.12. The number of nitrogens with one attached hydrogen (secondary N) is 2. The molecule has 0 radical (unpaired) electrons. The predicted octanol–water partition coefficient (Wildman–Crippen LogP) is 3.68. The smallest absolute Gasteiger partial charge is 0.255 e. The standard InChI is InChI=1S/C19H12Cl2N2O4/c20-8-1-3-10-14(5-8)22-18(26)12(16(10)24)7-13-17(25)11-4-2-9(21)6-15(11)23-19(13)27/h1-6H,7H2,(H2,22,24,26)(H2,23,25,27). The zero-order chi connectivity index (χ0) is 19.3. The maximum absolute atomic E-state index is 12.4. The van der Waals surface area contributed by atoms with Crippen molar-refractivity contribution in [3.63, 3.8) is 0 Å². The third kappa shape index (κ3) is 2.93. The summed E-state index contributed by atoms with van der Waals surface area (Å²) in [5.74, 6) is -0.527. The van der Waals surface area contributed by atoms with Crippen molar-refractivity contribution in [1.82, 2.24) is 9.97 Å². The Labute approximate surface area is 161 Å². The summed E-state index contributed by atoms with van der Waals surface area (Å²) >= 11 is 11.8. The monoisotopic (exact) mass is 402 g/mol. The van der Waals surface area contributed by atoms with E-state index in [9.17, 15) is 19.8 Å². The Balaban J connectivity index is 1.92. The fourth-order valence-corrected chi connectivity index (χ4v) is 3.44. The third-order valence-corrected chi connectivity index (χ3v) is 4.91. The fourth-order valence-electron chi connectivity index (χ4n) is 3.09. The lowest BCUT2D eigenvalue weighted by Crippen LogP contribution is -2.19. The first kappa shape index (κ1) is 17.5. The molecule has 0 saturated carbocycles. The number of fused-ring (bicyclic) bond motifs is 2. The minimum absolute atomic E-state index is 0.0288. The molecule has 0 aliphatic rings. The summed E-state index contributed by atoms with van der Waals surface area (Å²) in [5.41, 5.74) is -0.451. The number of hydrogen-bond acceptors (Lipinski definition) is 4. The van der Waals surface area contributed by atoms with E-state index in [0.29, 0.717) is 31.9 Å². The average Bonchev–Trinajstić information content (AvgIpc) is 2.60. The first-order valence-corrected chi connectivity index (χ1v) is 8.67. The minimum Gasteiger partial charge on any atom is -0.507 e. The van der Waals surface area contributed by atoms with Crippen molar-refractivity contribution < 1.29 is 10.2 Å². The van der Waals surface area contributed by atoms with Crippen molar-refractivity contribution in [2.45, 2.75) is 6.42 Å². The Morgan fingerprint density at radius 1 is 0.741 bits per heavy atom. The highest BCUT2D eigenvalue weighted by atomic mass is 35.5. The van der Waals surface area contributed by atoms with Gasteiger partial charge in [-0.2, -0.15) is 0 Å². The topological polar surface area (TPSA) is 106 Å². The number of H-pyrrole nitrogens is 2. The molecule has 8 heteroatoms. The molecule has 136 valence electrons. The third-order valence-electron chi connectivity index (χ3n) is 4.44. The highest BCUT2D eigenvalue weighted by molar-refractivity contribution is 6.31. The van der Waals surface area contributed by atoms with Gasteiger partial charge in [-0.15, -0.1) is 0 Å². The van der Waals surface area contributed by atoms with Gasteiger partial charge >= 0.3 is 0 Å². The van der Waals surface area contributed by atoms with Crippen molar-refractivity contribution in [1.29, 1.82) is 0 Å². The summed E-state index contributed by atoms with van der Waals surface area (Å²) in [4.78, 5) is 30.1. The maximum Gasteiger partial charge on any atom is 0.255 e. The lowest BCUT2D eigenvalue weighted by atomic mass is 10.0. The highest BCUT2D eigenvalue weighted by Crippen LogP contribution is 2.31. The Kier molecular flexibility index (Phi) is 4.09. The van der Waals surface area contributed by atoms with Crippen LogP contribution >= 0.6 is 23.2 Å². The summed E-state index contributed by atoms with van der Waals surface area (Å²) < 4.78 is 0. The Hall–Kier alpha value is -2.96. The largest absolute Gasteiger partial charge is 0.507 e. The van der Waals surface area contributed by atoms with Gasteiger partial charge in [-0.1, -0.05) is 23.2 Å². The summed E-state index contributed by atoms with van der Waals surface area (Å²) in [6, 6.07) is 9.33. The molecule has 6 nitrogen and oxygen atoms in total. The van der Waals surface area contributed by atoms with Crippen LogP contribution in [0.2, 0.25) is 10.0 Å². The molecule has 2 aromatic heterocycles. The van der Waals surface area contributed by atoms with Gasteiger partial charge in [0.05, 0.1) is 22.2 Å². The molecule has 0 fully saturated rings. The maximum atomic E-state index is 12.4. The molecule has 0 amide bonds. The number of hydrogen-bond donors (Lipinski definition) is 4. The van der Waals surface area contributed by atoms with Crippen LogP contribution in [0.3, 0.4) is 0 Å². The van der Waals surface area contributed by atoms with E-state index in [0.717, 1.165) is 0 Å². The van der Waals surface area contributed by atoms with Gasteiger partial charge in [0, 0.05) is 27.2 Å². The lowest BCUT2D eigenvalue weighted by molar-refractivity contribution is 0.467. The number of halogens is 2. The number of pyridine rings is 2. The molecule has 0 aliphatic heterocycles. The molecular weight excluding hydrogens is 391 g/mol. The van der Waals surface area contributed by atoms with E-state index in [4.69, 9.17) is 23.2 Å². The van der Waals surface area contributed by atoms with E-state index in [-0.39, 0.29) is 29.0 Å². The van der Waals surface area contributed by atoms with Crippen LogP contribution in [-0.4, -0.2) is 20.2 Å². The molecule has 0 aliphatic carbocycles. The number of rotatable bonds is 2. The molecule has 2 heterocycles. The summed E-state index contributed by atoms with van der Waals surface area (Å²) in [7, 11) is 0. The lowest BCUT2D eigenvalue weighted by Gasteiger charge is -2.10. The minimum atomic E-state index is -0.572. The molecule has 2 aromatic carbocycles. The number of benzene rings is 2. The van der Waals surface area contributed by atoms with Crippen LogP contribution in [0.4, 0.5) is 0 Å². The highest BCUT2D eigenvalue weighted by Gasteiger charge is 2.18. The van der Waals surface area contributed by atoms with Gasteiger partial charge in [0.25, 0.3) is 11.1 Å². The predicted molar refractivity (Wildman–Crippen MR) is 105 cm³/mol. The van der Waals surface area contributed by atoms with Gasteiger partial charge in [0.15, 0.2) is 0 Å². The van der Waals surface area contributed by atoms with E-state index in [2.05, 4.69) is 9.97 Å². The van der Waals surface area contributed by atoms with Gasteiger partial charge in [-0.25, -0.2) is 0 Å². The van der Waals surface area contributed by atoms with Crippen molar-refractivity contribution in [3.05, 3.63) is 78.3 Å². The molecular formula is C19H12Cl2N2O4. The molecule has 0 spiro atoms. The summed E-state index contributed by atoms with van der Waals surface area (Å²) in [6.07, 6.45) is -0.251. The van der Waals surface area contributed by atoms with Crippen LogP contribution in [0.5, 0.6) is 11.5 Å². The molecule has 0 saturated heterocycles. The first-order chi connectivity index (χ1) is 12.8. The van der Waals surface area contributed by atoms with Gasteiger partial charge in [0.2, 0.25) is 0 Å². The van der Waals surface area contributed by atoms with E-state index in [1.165, 1.54) is 12.1 Å². The molecule has 4 N–H and O–H groups in total. The van der Waals surface area contributed by atoms with Crippen molar-refractivity contribution in [2.24, 2.45) is 0 Å². The molecule has 0 atom stereocenters. The quantitative estimate of drug-likeness (QED) is 0.410. The van der Waals surface area contributed by atoms with Gasteiger partial charge in [-0.3, -0.25) is 9.59 Å². The fraction of sp³-hybridized carbons (Fsp3) is 0.0526. The summed E-state index contributed by atoms with van der Waals surface area (Å²) in [5, 5.41) is 22.7. The second kappa shape index (κ2) is 6.33. The Morgan fingerprint density at radius 2 is 1.15 bits per heavy atom. The van der Waals surface area contributed by atoms with Crippen LogP contribution in [0.15, 0.2) is 46.0 Å². The molecule has 27 heavy (non-hydrogen) atoms. The Morgan fingerprint density at radius 3 is 1.56 bits per heavy atom. The average molecular weight is 403 g/mol. The van der Waals surface area contributed by atoms with E-state index in [1.807, 2.05) is 0 Å². The van der Waals surface area contributed by atoms with Crippen LogP contribution in [0.25, 0.3) is 21.8 Å². The van der Waals surface area contributed by atoms with Crippen LogP contribution < -0.4 is 11.1 Å². The van der Waals surface area contributed by atoms with Gasteiger partial charge in [-0.05, 0) is 36.4 Å². The van der Waals surface area contributed by atoms with Crippen molar-refractivity contribution in [3.8, 4) is 11.5 Å². The van der Waals surface area contributed by atoms with Crippen LogP contribution in [0.1, 0.15) is 11.1 Å². The molecule has 4 aromatic rings. The SMILES string of the molecule is O=c1[nH]c2cc(Cl)ccc2c(O)c1Cc1c(O)c2ccc(Cl)cc2[nH]c1=O.